The van der Waals surface area contributed by atoms with Gasteiger partial charge in [-0.05, 0) is 6.07 Å². The minimum Gasteiger partial charge on any atom is -1.00 e. The average molecular weight is 188 g/mol. The molecule has 1 rings (SSSR count). The highest BCUT2D eigenvalue weighted by atomic mass is 35.5. The number of hydrogen-bond donors (Lipinski definition) is 1. The molecule has 0 unspecified atom stereocenters. The van der Waals surface area contributed by atoms with Crippen LogP contribution in [0.4, 0.5) is 0 Å². The molecule has 0 aliphatic heterocycles. The molecule has 0 aliphatic carbocycles. The number of Topliss-reactive ketones (excluding diaryl/α,β-unsaturated/α-hetero) is 1. The van der Waals surface area contributed by atoms with Gasteiger partial charge in [0.25, 0.3) is 0 Å². The minimum atomic E-state index is 0. The molecule has 0 bridgehead atoms. The van der Waals surface area contributed by atoms with Gasteiger partial charge in [0.2, 0.25) is 12.7 Å². The van der Waals surface area contributed by atoms with Crippen LogP contribution in [0.15, 0.2) is 24.5 Å². The van der Waals surface area contributed by atoms with E-state index in [-0.39, 0.29) is 23.9 Å². The van der Waals surface area contributed by atoms with Crippen molar-refractivity contribution in [2.75, 3.05) is 0 Å². The van der Waals surface area contributed by atoms with Crippen molar-refractivity contribution in [2.24, 2.45) is 0 Å². The first-order valence-electron chi connectivity index (χ1n) is 3.36. The van der Waals surface area contributed by atoms with Crippen molar-refractivity contribution in [3.05, 3.63) is 24.5 Å². The van der Waals surface area contributed by atoms with Gasteiger partial charge in [-0.2, -0.15) is 4.57 Å². The Balaban J connectivity index is 0.00000121. The van der Waals surface area contributed by atoms with E-state index in [2.05, 4.69) is 0 Å². The molecule has 0 saturated heterocycles. The van der Waals surface area contributed by atoms with E-state index in [0.29, 0.717) is 6.54 Å². The van der Waals surface area contributed by atoms with Gasteiger partial charge in [-0.15, -0.1) is 0 Å². The fourth-order valence-electron chi connectivity index (χ4n) is 0.864. The third-order valence-corrected chi connectivity index (χ3v) is 1.25. The Kier molecular flexibility index (Phi) is 4.29. The maximum atomic E-state index is 10.6. The van der Waals surface area contributed by atoms with Crippen LogP contribution >= 0.6 is 0 Å². The molecule has 0 aliphatic rings. The van der Waals surface area contributed by atoms with Crippen molar-refractivity contribution in [3.8, 4) is 5.75 Å². The molecule has 1 aromatic heterocycles. The molecule has 0 spiro atoms. The maximum Gasteiger partial charge on any atom is 0.211 e. The normalized spacial score (nSPS) is 8.75. The SMILES string of the molecule is CC(=O)C[n+]1cccc(O)c1.[Cl-]. The highest BCUT2D eigenvalue weighted by Gasteiger charge is 2.03. The number of pyridine rings is 1. The quantitative estimate of drug-likeness (QED) is 0.511. The first-order chi connectivity index (χ1) is 5.18. The Morgan fingerprint density at radius 1 is 1.67 bits per heavy atom. The summed E-state index contributed by atoms with van der Waals surface area (Å²) in [6, 6.07) is 3.26. The molecular formula is C8H10ClNO2. The van der Waals surface area contributed by atoms with Crippen molar-refractivity contribution >= 4 is 5.78 Å². The second-order valence-electron chi connectivity index (χ2n) is 2.44. The lowest BCUT2D eigenvalue weighted by Crippen LogP contribution is -3.00. The maximum absolute atomic E-state index is 10.6. The molecule has 0 fully saturated rings. The van der Waals surface area contributed by atoms with Gasteiger partial charge in [-0.3, -0.25) is 4.79 Å². The number of rotatable bonds is 2. The molecule has 0 radical (unpaired) electrons. The number of aromatic nitrogens is 1. The molecular weight excluding hydrogens is 178 g/mol. The molecule has 0 saturated carbocycles. The van der Waals surface area contributed by atoms with Crippen molar-refractivity contribution in [1.82, 2.24) is 0 Å². The number of nitrogens with zero attached hydrogens (tertiary/aromatic N) is 1. The van der Waals surface area contributed by atoms with E-state index >= 15 is 0 Å². The number of halogens is 1. The van der Waals surface area contributed by atoms with Crippen LogP contribution in [0.3, 0.4) is 0 Å². The van der Waals surface area contributed by atoms with Gasteiger partial charge in [-0.25, -0.2) is 0 Å². The first kappa shape index (κ1) is 10.9. The molecule has 1 heterocycles. The van der Waals surface area contributed by atoms with Gasteiger partial charge < -0.3 is 17.5 Å². The molecule has 66 valence electrons. The predicted octanol–water partition coefficient (Wildman–Crippen LogP) is -2.73. The highest BCUT2D eigenvalue weighted by Crippen LogP contribution is 1.99. The summed E-state index contributed by atoms with van der Waals surface area (Å²) < 4.78 is 1.64. The number of hydrogen-bond acceptors (Lipinski definition) is 2. The third-order valence-electron chi connectivity index (χ3n) is 1.25. The van der Waals surface area contributed by atoms with Crippen LogP contribution in [0.2, 0.25) is 0 Å². The van der Waals surface area contributed by atoms with Crippen molar-refractivity contribution in [1.29, 1.82) is 0 Å². The zero-order valence-electron chi connectivity index (χ0n) is 6.70. The van der Waals surface area contributed by atoms with E-state index in [9.17, 15) is 4.79 Å². The van der Waals surface area contributed by atoms with Crippen LogP contribution < -0.4 is 17.0 Å². The van der Waals surface area contributed by atoms with E-state index in [1.54, 1.807) is 22.9 Å². The lowest BCUT2D eigenvalue weighted by molar-refractivity contribution is -0.684. The number of carbonyl (C=O) groups excluding carboxylic acids is 1. The van der Waals surface area contributed by atoms with Gasteiger partial charge in [0.05, 0.1) is 0 Å². The van der Waals surface area contributed by atoms with E-state index in [0.717, 1.165) is 0 Å². The lowest BCUT2D eigenvalue weighted by Gasteiger charge is -1.91. The zero-order valence-corrected chi connectivity index (χ0v) is 7.45. The van der Waals surface area contributed by atoms with Gasteiger partial charge in [0.1, 0.15) is 0 Å². The second kappa shape index (κ2) is 4.72. The van der Waals surface area contributed by atoms with Crippen LogP contribution in [0.25, 0.3) is 0 Å². The third kappa shape index (κ3) is 3.34. The van der Waals surface area contributed by atoms with Gasteiger partial charge in [0.15, 0.2) is 17.7 Å². The first-order valence-corrected chi connectivity index (χ1v) is 3.36. The Morgan fingerprint density at radius 3 is 2.83 bits per heavy atom. The summed E-state index contributed by atoms with van der Waals surface area (Å²) >= 11 is 0. The van der Waals surface area contributed by atoms with Crippen LogP contribution in [0.1, 0.15) is 6.92 Å². The van der Waals surface area contributed by atoms with Gasteiger partial charge in [0, 0.05) is 13.0 Å². The topological polar surface area (TPSA) is 41.2 Å². The van der Waals surface area contributed by atoms with E-state index < -0.39 is 0 Å². The minimum absolute atomic E-state index is 0. The van der Waals surface area contributed by atoms with Gasteiger partial charge >= 0.3 is 0 Å². The summed E-state index contributed by atoms with van der Waals surface area (Å²) in [4.78, 5) is 10.6. The van der Waals surface area contributed by atoms with Crippen molar-refractivity contribution < 1.29 is 26.9 Å². The molecule has 12 heavy (non-hydrogen) atoms. The Hall–Kier alpha value is -1.09. The smallest absolute Gasteiger partial charge is 0.211 e. The van der Waals surface area contributed by atoms with Crippen LogP contribution in [0.5, 0.6) is 5.75 Å². The Bertz CT molecular complexity index is 276. The highest BCUT2D eigenvalue weighted by molar-refractivity contribution is 5.73. The molecule has 1 aromatic rings. The number of carbonyl (C=O) groups is 1. The molecule has 3 nitrogen and oxygen atoms in total. The van der Waals surface area contributed by atoms with Crippen molar-refractivity contribution in [2.45, 2.75) is 13.5 Å². The van der Waals surface area contributed by atoms with Crippen LogP contribution in [0, 0.1) is 0 Å². The second-order valence-corrected chi connectivity index (χ2v) is 2.44. The summed E-state index contributed by atoms with van der Waals surface area (Å²) in [6.07, 6.45) is 3.25. The molecule has 0 atom stereocenters. The molecule has 1 N–H and O–H groups in total. The van der Waals surface area contributed by atoms with E-state index in [1.165, 1.54) is 13.1 Å². The number of aromatic hydroxyl groups is 1. The average Bonchev–Trinajstić information content (AvgIpc) is 1.85. The fourth-order valence-corrected chi connectivity index (χ4v) is 0.864. The summed E-state index contributed by atoms with van der Waals surface area (Å²) in [6.45, 7) is 1.82. The molecule has 0 aromatic carbocycles. The Morgan fingerprint density at radius 2 is 2.33 bits per heavy atom. The molecule has 4 heteroatoms. The van der Waals surface area contributed by atoms with E-state index in [4.69, 9.17) is 5.11 Å². The van der Waals surface area contributed by atoms with E-state index in [1.807, 2.05) is 0 Å². The lowest BCUT2D eigenvalue weighted by atomic mass is 10.4. The summed E-state index contributed by atoms with van der Waals surface area (Å²) in [7, 11) is 0. The Labute approximate surface area is 77.1 Å². The fraction of sp³-hybridized carbons (Fsp3) is 0.250. The number of ketones is 1. The summed E-state index contributed by atoms with van der Waals surface area (Å²) in [5, 5.41) is 8.99. The monoisotopic (exact) mass is 187 g/mol. The largest absolute Gasteiger partial charge is 1.00 e. The standard InChI is InChI=1S/C8H9NO2.ClH/c1-7(10)5-9-4-2-3-8(11)6-9;/h2-4,6H,5H2,1H3;1H. The predicted molar refractivity (Wildman–Crippen MR) is 39.0 cm³/mol. The summed E-state index contributed by atoms with van der Waals surface area (Å²) in [5.74, 6) is 0.245. The molecule has 0 amide bonds. The zero-order chi connectivity index (χ0) is 8.27. The van der Waals surface area contributed by atoms with Crippen LogP contribution in [-0.2, 0) is 11.3 Å². The van der Waals surface area contributed by atoms with Gasteiger partial charge in [-0.1, -0.05) is 0 Å². The summed E-state index contributed by atoms with van der Waals surface area (Å²) in [5.41, 5.74) is 0. The van der Waals surface area contributed by atoms with Crippen LogP contribution in [-0.4, -0.2) is 10.9 Å². The van der Waals surface area contributed by atoms with Crippen molar-refractivity contribution in [3.63, 3.8) is 0 Å².